The zero-order valence-electron chi connectivity index (χ0n) is 34.7. The van der Waals surface area contributed by atoms with Crippen molar-refractivity contribution in [1.82, 2.24) is 0 Å². The zero-order chi connectivity index (χ0) is 40.6. The SMILES string of the molecule is CN(C1=C(c2ccccc2-c2ccc3c(c2)C(C)(C)C2=C3C=CC(N(c3ccc(-c4ccccc4)cc3)c3ccc(-c4ccccc4)cc3)C2)C=CCC1)c1ccccc1. The number of nitrogens with zero attached hydrogens (tertiary/aromatic N) is 2. The molecule has 0 amide bonds. The maximum Gasteiger partial charge on any atom is 0.0563 e. The van der Waals surface area contributed by atoms with Gasteiger partial charge in [0.25, 0.3) is 0 Å². The van der Waals surface area contributed by atoms with Gasteiger partial charge in [-0.25, -0.2) is 0 Å². The molecule has 3 aliphatic carbocycles. The van der Waals surface area contributed by atoms with Crippen LogP contribution < -0.4 is 9.80 Å². The molecule has 0 aromatic heterocycles. The summed E-state index contributed by atoms with van der Waals surface area (Å²) < 4.78 is 0. The van der Waals surface area contributed by atoms with Crippen LogP contribution in [0.3, 0.4) is 0 Å². The Bertz CT molecular complexity index is 2700. The fraction of sp³-hybridized carbons (Fsp3) is 0.138. The van der Waals surface area contributed by atoms with Crippen molar-refractivity contribution in [2.45, 2.75) is 44.6 Å². The Morgan fingerprint density at radius 1 is 0.483 bits per heavy atom. The van der Waals surface area contributed by atoms with Gasteiger partial charge in [0.2, 0.25) is 0 Å². The molecule has 0 radical (unpaired) electrons. The summed E-state index contributed by atoms with van der Waals surface area (Å²) in [6, 6.07) is 66.7. The zero-order valence-corrected chi connectivity index (χ0v) is 34.7. The Labute approximate surface area is 355 Å². The first kappa shape index (κ1) is 37.4. The summed E-state index contributed by atoms with van der Waals surface area (Å²) in [7, 11) is 2.21. The predicted molar refractivity (Wildman–Crippen MR) is 255 cm³/mol. The molecule has 0 heterocycles. The molecule has 0 spiro atoms. The smallest absolute Gasteiger partial charge is 0.0563 e. The molecule has 1 unspecified atom stereocenters. The van der Waals surface area contributed by atoms with Crippen molar-refractivity contribution in [2.75, 3.05) is 16.8 Å². The summed E-state index contributed by atoms with van der Waals surface area (Å²) >= 11 is 0. The number of allylic oxidation sites excluding steroid dienone is 6. The maximum atomic E-state index is 2.54. The second-order valence-corrected chi connectivity index (χ2v) is 16.8. The van der Waals surface area contributed by atoms with Gasteiger partial charge in [-0.1, -0.05) is 178 Å². The largest absolute Gasteiger partial charge is 0.348 e. The quantitative estimate of drug-likeness (QED) is 0.144. The van der Waals surface area contributed by atoms with Crippen molar-refractivity contribution < 1.29 is 0 Å². The fourth-order valence-electron chi connectivity index (χ4n) is 9.79. The molecule has 0 fully saturated rings. The maximum absolute atomic E-state index is 2.54. The van der Waals surface area contributed by atoms with Crippen LogP contribution >= 0.6 is 0 Å². The van der Waals surface area contributed by atoms with Crippen LogP contribution in [-0.4, -0.2) is 13.1 Å². The van der Waals surface area contributed by atoms with Crippen molar-refractivity contribution in [3.63, 3.8) is 0 Å². The van der Waals surface area contributed by atoms with Crippen molar-refractivity contribution in [3.8, 4) is 33.4 Å². The molecule has 0 saturated heterocycles. The van der Waals surface area contributed by atoms with Gasteiger partial charge in [0.15, 0.2) is 0 Å². The summed E-state index contributed by atoms with van der Waals surface area (Å²) in [6.45, 7) is 4.88. The number of benzene rings is 7. The minimum atomic E-state index is -0.138. The van der Waals surface area contributed by atoms with E-state index in [0.717, 1.165) is 19.3 Å². The van der Waals surface area contributed by atoms with E-state index in [0.29, 0.717) is 0 Å². The molecule has 292 valence electrons. The summed E-state index contributed by atoms with van der Waals surface area (Å²) in [4.78, 5) is 4.92. The monoisotopic (exact) mass is 774 g/mol. The van der Waals surface area contributed by atoms with Gasteiger partial charge in [-0.2, -0.15) is 0 Å². The number of anilines is 3. The van der Waals surface area contributed by atoms with E-state index in [9.17, 15) is 0 Å². The van der Waals surface area contributed by atoms with E-state index in [-0.39, 0.29) is 11.5 Å². The van der Waals surface area contributed by atoms with Gasteiger partial charge in [-0.15, -0.1) is 0 Å². The van der Waals surface area contributed by atoms with Crippen molar-refractivity contribution in [3.05, 3.63) is 234 Å². The molecular formula is C58H50N2. The van der Waals surface area contributed by atoms with Crippen molar-refractivity contribution >= 4 is 28.2 Å². The molecule has 0 bridgehead atoms. The summed E-state index contributed by atoms with van der Waals surface area (Å²) in [5.74, 6) is 0. The lowest BCUT2D eigenvalue weighted by molar-refractivity contribution is 0.585. The average molecular weight is 775 g/mol. The molecule has 1 atom stereocenters. The number of para-hydroxylation sites is 1. The number of rotatable bonds is 9. The summed E-state index contributed by atoms with van der Waals surface area (Å²) in [6.07, 6.45) is 12.5. The standard InChI is InChI=1S/C58H50N2/c1-58(2)55-39-45(50-23-13-14-24-51(50)54-25-15-16-26-57(54)59(3)46-21-11-6-12-22-46)31-37-52(55)53-38-36-49(40-56(53)58)60(47-32-27-43(28-33-47)41-17-7-4-8-18-41)48-34-29-44(30-35-48)42-19-9-5-10-20-42/h4-15,17-25,27-39,49H,16,26,40H2,1-3H3. The first-order chi connectivity index (χ1) is 29.4. The van der Waals surface area contributed by atoms with Gasteiger partial charge in [-0.05, 0) is 123 Å². The van der Waals surface area contributed by atoms with Crippen molar-refractivity contribution in [1.29, 1.82) is 0 Å². The molecule has 7 aromatic rings. The predicted octanol–water partition coefficient (Wildman–Crippen LogP) is 15.1. The molecule has 3 aliphatic rings. The van der Waals surface area contributed by atoms with Crippen LogP contribution in [0.25, 0.3) is 44.5 Å². The minimum Gasteiger partial charge on any atom is -0.348 e. The van der Waals surface area contributed by atoms with Crippen LogP contribution in [0.4, 0.5) is 17.1 Å². The fourth-order valence-corrected chi connectivity index (χ4v) is 9.79. The Kier molecular flexibility index (Phi) is 9.78. The van der Waals surface area contributed by atoms with E-state index >= 15 is 0 Å². The first-order valence-electron chi connectivity index (χ1n) is 21.4. The highest BCUT2D eigenvalue weighted by Gasteiger charge is 2.40. The van der Waals surface area contributed by atoms with Crippen LogP contribution in [0, 0.1) is 0 Å². The molecule has 7 aromatic carbocycles. The molecule has 60 heavy (non-hydrogen) atoms. The summed E-state index contributed by atoms with van der Waals surface area (Å²) in [5.41, 5.74) is 20.5. The van der Waals surface area contributed by atoms with Gasteiger partial charge in [0.1, 0.15) is 0 Å². The highest BCUT2D eigenvalue weighted by Crippen LogP contribution is 2.52. The van der Waals surface area contributed by atoms with Crippen LogP contribution in [0.1, 0.15) is 49.8 Å². The highest BCUT2D eigenvalue weighted by molar-refractivity contribution is 5.92. The topological polar surface area (TPSA) is 6.48 Å². The van der Waals surface area contributed by atoms with Crippen molar-refractivity contribution in [2.24, 2.45) is 0 Å². The lowest BCUT2D eigenvalue weighted by Gasteiger charge is -2.37. The van der Waals surface area contributed by atoms with Gasteiger partial charge >= 0.3 is 0 Å². The molecular weight excluding hydrogens is 725 g/mol. The Morgan fingerprint density at radius 3 is 1.63 bits per heavy atom. The van der Waals surface area contributed by atoms with Crippen LogP contribution in [0.2, 0.25) is 0 Å². The molecule has 2 heteroatoms. The lowest BCUT2D eigenvalue weighted by Crippen LogP contribution is -2.33. The number of hydrogen-bond acceptors (Lipinski definition) is 2. The van der Waals surface area contributed by atoms with E-state index < -0.39 is 0 Å². The molecule has 0 aliphatic heterocycles. The van der Waals surface area contributed by atoms with E-state index in [2.05, 4.69) is 237 Å². The molecule has 10 rings (SSSR count). The molecule has 2 nitrogen and oxygen atoms in total. The average Bonchev–Trinajstić information content (AvgIpc) is 3.54. The van der Waals surface area contributed by atoms with Crippen LogP contribution in [-0.2, 0) is 5.41 Å². The normalized spacial score (nSPS) is 16.4. The van der Waals surface area contributed by atoms with E-state index in [1.54, 1.807) is 0 Å². The second kappa shape index (κ2) is 15.7. The lowest BCUT2D eigenvalue weighted by atomic mass is 9.76. The summed E-state index contributed by atoms with van der Waals surface area (Å²) in [5, 5.41) is 0. The number of fused-ring (bicyclic) bond motifs is 2. The van der Waals surface area contributed by atoms with E-state index in [1.165, 1.54) is 89.5 Å². The Balaban J connectivity index is 0.989. The van der Waals surface area contributed by atoms with Gasteiger partial charge in [0, 0.05) is 40.8 Å². The third kappa shape index (κ3) is 6.82. The third-order valence-electron chi connectivity index (χ3n) is 13.0. The Morgan fingerprint density at radius 2 is 1.02 bits per heavy atom. The van der Waals surface area contributed by atoms with E-state index in [4.69, 9.17) is 0 Å². The third-order valence-corrected chi connectivity index (χ3v) is 13.0. The molecule has 0 N–H and O–H groups in total. The van der Waals surface area contributed by atoms with Gasteiger partial charge < -0.3 is 9.80 Å². The van der Waals surface area contributed by atoms with Gasteiger partial charge in [0.05, 0.1) is 6.04 Å². The first-order valence-corrected chi connectivity index (χ1v) is 21.4. The molecule has 0 saturated carbocycles. The van der Waals surface area contributed by atoms with Crippen LogP contribution in [0.5, 0.6) is 0 Å². The van der Waals surface area contributed by atoms with Crippen LogP contribution in [0.15, 0.2) is 218 Å². The number of hydrogen-bond donors (Lipinski definition) is 0. The minimum absolute atomic E-state index is 0.138. The van der Waals surface area contributed by atoms with E-state index in [1.807, 2.05) is 0 Å². The highest BCUT2D eigenvalue weighted by atomic mass is 15.2. The Hall–Kier alpha value is -6.90. The second-order valence-electron chi connectivity index (χ2n) is 16.8. The van der Waals surface area contributed by atoms with Gasteiger partial charge in [-0.3, -0.25) is 0 Å².